The van der Waals surface area contributed by atoms with Gasteiger partial charge in [0.1, 0.15) is 0 Å². The van der Waals surface area contributed by atoms with Crippen LogP contribution in [0.1, 0.15) is 30.2 Å². The molecule has 0 spiro atoms. The zero-order chi connectivity index (χ0) is 13.9. The van der Waals surface area contributed by atoms with E-state index in [0.717, 1.165) is 0 Å². The minimum Gasteiger partial charge on any atom is -0.338 e. The molecule has 4 heteroatoms. The van der Waals surface area contributed by atoms with Crippen molar-refractivity contribution in [2.75, 3.05) is 0 Å². The van der Waals surface area contributed by atoms with Crippen LogP contribution in [0.5, 0.6) is 0 Å². The molecule has 3 rings (SSSR count). The van der Waals surface area contributed by atoms with Crippen LogP contribution < -0.4 is 5.32 Å². The SMILES string of the molecule is Cc1noc(CNC(C)c2ccc3ccccc3c2)n1. The Morgan fingerprint density at radius 1 is 1.15 bits per heavy atom. The van der Waals surface area contributed by atoms with Crippen molar-refractivity contribution in [2.45, 2.75) is 26.4 Å². The van der Waals surface area contributed by atoms with Crippen molar-refractivity contribution in [3.05, 3.63) is 59.7 Å². The van der Waals surface area contributed by atoms with E-state index < -0.39 is 0 Å². The Morgan fingerprint density at radius 3 is 2.70 bits per heavy atom. The van der Waals surface area contributed by atoms with Gasteiger partial charge in [-0.2, -0.15) is 4.98 Å². The minimum atomic E-state index is 0.229. The molecule has 1 N–H and O–H groups in total. The fourth-order valence-corrected chi connectivity index (χ4v) is 2.25. The van der Waals surface area contributed by atoms with E-state index in [9.17, 15) is 0 Å². The first kappa shape index (κ1) is 12.8. The van der Waals surface area contributed by atoms with Crippen molar-refractivity contribution in [3.63, 3.8) is 0 Å². The molecule has 4 nitrogen and oxygen atoms in total. The van der Waals surface area contributed by atoms with Gasteiger partial charge in [0.25, 0.3) is 0 Å². The van der Waals surface area contributed by atoms with Gasteiger partial charge in [0.05, 0.1) is 6.54 Å². The molecule has 1 heterocycles. The third kappa shape index (κ3) is 2.70. The van der Waals surface area contributed by atoms with Gasteiger partial charge in [-0.25, -0.2) is 0 Å². The topological polar surface area (TPSA) is 51.0 Å². The molecule has 0 saturated carbocycles. The second-order valence-electron chi connectivity index (χ2n) is 4.94. The van der Waals surface area contributed by atoms with Gasteiger partial charge in [0, 0.05) is 6.04 Å². The second kappa shape index (κ2) is 5.43. The summed E-state index contributed by atoms with van der Waals surface area (Å²) in [6.07, 6.45) is 0. The number of nitrogens with zero attached hydrogens (tertiary/aromatic N) is 2. The maximum absolute atomic E-state index is 5.10. The molecular weight excluding hydrogens is 250 g/mol. The zero-order valence-electron chi connectivity index (χ0n) is 11.6. The first-order valence-corrected chi connectivity index (χ1v) is 6.73. The van der Waals surface area contributed by atoms with Gasteiger partial charge in [-0.1, -0.05) is 41.6 Å². The van der Waals surface area contributed by atoms with Crippen molar-refractivity contribution in [1.82, 2.24) is 15.5 Å². The molecule has 102 valence electrons. The van der Waals surface area contributed by atoms with Crippen LogP contribution in [0.2, 0.25) is 0 Å². The van der Waals surface area contributed by atoms with Crippen LogP contribution in [0.4, 0.5) is 0 Å². The van der Waals surface area contributed by atoms with Gasteiger partial charge in [-0.05, 0) is 36.2 Å². The van der Waals surface area contributed by atoms with Crippen molar-refractivity contribution in [2.24, 2.45) is 0 Å². The van der Waals surface area contributed by atoms with Gasteiger partial charge in [-0.15, -0.1) is 0 Å². The number of aryl methyl sites for hydroxylation is 1. The van der Waals surface area contributed by atoms with Crippen LogP contribution in [0.25, 0.3) is 10.8 Å². The Balaban J connectivity index is 1.73. The summed E-state index contributed by atoms with van der Waals surface area (Å²) in [6.45, 7) is 4.53. The largest absolute Gasteiger partial charge is 0.338 e. The van der Waals surface area contributed by atoms with Gasteiger partial charge in [0.15, 0.2) is 5.82 Å². The van der Waals surface area contributed by atoms with Crippen LogP contribution in [0.3, 0.4) is 0 Å². The van der Waals surface area contributed by atoms with Gasteiger partial charge >= 0.3 is 0 Å². The molecule has 1 aromatic heterocycles. The van der Waals surface area contributed by atoms with Crippen molar-refractivity contribution in [1.29, 1.82) is 0 Å². The number of hydrogen-bond acceptors (Lipinski definition) is 4. The smallest absolute Gasteiger partial charge is 0.240 e. The lowest BCUT2D eigenvalue weighted by Crippen LogP contribution is -2.18. The van der Waals surface area contributed by atoms with Crippen molar-refractivity contribution < 1.29 is 4.52 Å². The standard InChI is InChI=1S/C16H17N3O/c1-11(17-10-16-18-12(2)19-20-16)14-8-7-13-5-3-4-6-15(13)9-14/h3-9,11,17H,10H2,1-2H3. The highest BCUT2D eigenvalue weighted by Gasteiger charge is 2.08. The number of nitrogens with one attached hydrogen (secondary N) is 1. The molecule has 1 unspecified atom stereocenters. The molecule has 0 fully saturated rings. The highest BCUT2D eigenvalue weighted by Crippen LogP contribution is 2.20. The first-order valence-electron chi connectivity index (χ1n) is 6.73. The van der Waals surface area contributed by atoms with Crippen LogP contribution in [0.15, 0.2) is 47.0 Å². The van der Waals surface area contributed by atoms with Crippen molar-refractivity contribution in [3.8, 4) is 0 Å². The number of rotatable bonds is 4. The summed E-state index contributed by atoms with van der Waals surface area (Å²) in [4.78, 5) is 4.19. The summed E-state index contributed by atoms with van der Waals surface area (Å²) < 4.78 is 5.10. The Labute approximate surface area is 117 Å². The van der Waals surface area contributed by atoms with Crippen LogP contribution >= 0.6 is 0 Å². The lowest BCUT2D eigenvalue weighted by molar-refractivity contribution is 0.357. The van der Waals surface area contributed by atoms with E-state index in [-0.39, 0.29) is 6.04 Å². The molecule has 0 radical (unpaired) electrons. The molecule has 0 saturated heterocycles. The second-order valence-corrected chi connectivity index (χ2v) is 4.94. The quantitative estimate of drug-likeness (QED) is 0.787. The number of aromatic nitrogens is 2. The highest BCUT2D eigenvalue weighted by molar-refractivity contribution is 5.83. The van der Waals surface area contributed by atoms with Gasteiger partial charge in [0.2, 0.25) is 5.89 Å². The molecule has 0 aliphatic rings. The van der Waals surface area contributed by atoms with E-state index in [2.05, 4.69) is 64.8 Å². The molecule has 0 bridgehead atoms. The number of benzene rings is 2. The molecule has 0 amide bonds. The monoisotopic (exact) mass is 267 g/mol. The molecule has 3 aromatic rings. The van der Waals surface area contributed by atoms with E-state index in [1.165, 1.54) is 16.3 Å². The third-order valence-electron chi connectivity index (χ3n) is 3.40. The summed E-state index contributed by atoms with van der Waals surface area (Å²) in [5, 5.41) is 9.70. The summed E-state index contributed by atoms with van der Waals surface area (Å²) in [7, 11) is 0. The lowest BCUT2D eigenvalue weighted by Gasteiger charge is -2.13. The maximum atomic E-state index is 5.10. The predicted molar refractivity (Wildman–Crippen MR) is 78.2 cm³/mol. The van der Waals surface area contributed by atoms with Crippen LogP contribution in [-0.4, -0.2) is 10.1 Å². The summed E-state index contributed by atoms with van der Waals surface area (Å²) in [5.41, 5.74) is 1.25. The third-order valence-corrected chi connectivity index (χ3v) is 3.40. The Morgan fingerprint density at radius 2 is 1.95 bits per heavy atom. The van der Waals surface area contributed by atoms with E-state index in [4.69, 9.17) is 4.52 Å². The normalized spacial score (nSPS) is 12.7. The van der Waals surface area contributed by atoms with E-state index >= 15 is 0 Å². The molecule has 0 aliphatic carbocycles. The van der Waals surface area contributed by atoms with Crippen LogP contribution in [-0.2, 0) is 6.54 Å². The van der Waals surface area contributed by atoms with Crippen LogP contribution in [0, 0.1) is 6.92 Å². The molecular formula is C16H17N3O. The highest BCUT2D eigenvalue weighted by atomic mass is 16.5. The van der Waals surface area contributed by atoms with E-state index in [1.807, 2.05) is 6.92 Å². The fraction of sp³-hybridized carbons (Fsp3) is 0.250. The van der Waals surface area contributed by atoms with Gasteiger partial charge < -0.3 is 9.84 Å². The molecule has 0 aliphatic heterocycles. The van der Waals surface area contributed by atoms with E-state index in [0.29, 0.717) is 18.3 Å². The average molecular weight is 267 g/mol. The number of hydrogen-bond donors (Lipinski definition) is 1. The minimum absolute atomic E-state index is 0.229. The summed E-state index contributed by atoms with van der Waals surface area (Å²) >= 11 is 0. The van der Waals surface area contributed by atoms with Crippen molar-refractivity contribution >= 4 is 10.8 Å². The first-order chi connectivity index (χ1) is 9.72. The Bertz CT molecular complexity index is 720. The Hall–Kier alpha value is -2.20. The molecule has 1 atom stereocenters. The fourth-order valence-electron chi connectivity index (χ4n) is 2.25. The Kier molecular flexibility index (Phi) is 3.48. The predicted octanol–water partition coefficient (Wildman–Crippen LogP) is 3.38. The van der Waals surface area contributed by atoms with E-state index in [1.54, 1.807) is 0 Å². The van der Waals surface area contributed by atoms with Gasteiger partial charge in [-0.3, -0.25) is 0 Å². The average Bonchev–Trinajstić information content (AvgIpc) is 2.90. The zero-order valence-corrected chi connectivity index (χ0v) is 11.6. The maximum Gasteiger partial charge on any atom is 0.240 e. The summed E-state index contributed by atoms with van der Waals surface area (Å²) in [6, 6.07) is 15.1. The molecule has 20 heavy (non-hydrogen) atoms. The number of fused-ring (bicyclic) bond motifs is 1. The summed E-state index contributed by atoms with van der Waals surface area (Å²) in [5.74, 6) is 1.29. The lowest BCUT2D eigenvalue weighted by atomic mass is 10.0. The molecule has 2 aromatic carbocycles.